The number of carbonyl (C=O) groups excluding carboxylic acids is 2. The van der Waals surface area contributed by atoms with Crippen LogP contribution >= 0.6 is 0 Å². The Morgan fingerprint density at radius 2 is 1.88 bits per heavy atom. The van der Waals surface area contributed by atoms with E-state index in [1.807, 2.05) is 45.0 Å². The van der Waals surface area contributed by atoms with E-state index in [2.05, 4.69) is 13.2 Å². The predicted molar refractivity (Wildman–Crippen MR) is 94.4 cm³/mol. The molecule has 5 heteroatoms. The standard InChI is InChI=1S/C19H25NO4/c1-12(2)14-8-7-9-15(10-14)19(5,6)16(24-18(20)22)11-23-17(21)13(3)4/h7-10,16H,1,3,11H2,2,4-6H3,(H2,20,22). The molecule has 5 nitrogen and oxygen atoms in total. The highest BCUT2D eigenvalue weighted by atomic mass is 16.6. The number of nitrogens with two attached hydrogens (primary N) is 1. The van der Waals surface area contributed by atoms with Crippen LogP contribution in [0.1, 0.15) is 38.8 Å². The van der Waals surface area contributed by atoms with Crippen LogP contribution in [0.25, 0.3) is 5.57 Å². The van der Waals surface area contributed by atoms with Crippen LogP contribution in [-0.4, -0.2) is 24.8 Å². The lowest BCUT2D eigenvalue weighted by Crippen LogP contribution is -2.42. The first-order chi connectivity index (χ1) is 11.1. The number of benzene rings is 1. The van der Waals surface area contributed by atoms with Gasteiger partial charge in [0.2, 0.25) is 0 Å². The van der Waals surface area contributed by atoms with E-state index in [9.17, 15) is 9.59 Å². The van der Waals surface area contributed by atoms with Gasteiger partial charge in [-0.05, 0) is 25.0 Å². The first kappa shape index (κ1) is 19.5. The fraction of sp³-hybridized carbons (Fsp3) is 0.368. The van der Waals surface area contributed by atoms with Crippen LogP contribution in [-0.2, 0) is 19.7 Å². The lowest BCUT2D eigenvalue weighted by atomic mass is 9.78. The van der Waals surface area contributed by atoms with Gasteiger partial charge in [-0.25, -0.2) is 9.59 Å². The van der Waals surface area contributed by atoms with Gasteiger partial charge in [-0.2, -0.15) is 0 Å². The molecule has 130 valence electrons. The highest BCUT2D eigenvalue weighted by molar-refractivity contribution is 5.86. The van der Waals surface area contributed by atoms with E-state index < -0.39 is 23.6 Å². The minimum atomic E-state index is -0.921. The van der Waals surface area contributed by atoms with Crippen LogP contribution in [0.3, 0.4) is 0 Å². The van der Waals surface area contributed by atoms with Crippen LogP contribution < -0.4 is 5.73 Å². The number of carbonyl (C=O) groups is 2. The van der Waals surface area contributed by atoms with Gasteiger partial charge >= 0.3 is 12.1 Å². The minimum absolute atomic E-state index is 0.112. The van der Waals surface area contributed by atoms with Gasteiger partial charge in [0.05, 0.1) is 0 Å². The molecule has 0 saturated heterocycles. The highest BCUT2D eigenvalue weighted by Crippen LogP contribution is 2.31. The summed E-state index contributed by atoms with van der Waals surface area (Å²) in [5.41, 5.74) is 7.65. The molecule has 1 aromatic carbocycles. The summed E-state index contributed by atoms with van der Waals surface area (Å²) in [4.78, 5) is 22.9. The largest absolute Gasteiger partial charge is 0.458 e. The lowest BCUT2D eigenvalue weighted by molar-refractivity contribution is -0.143. The Hall–Kier alpha value is -2.56. The number of hydrogen-bond acceptors (Lipinski definition) is 4. The molecular formula is C19H25NO4. The Balaban J connectivity index is 3.11. The Kier molecular flexibility index (Phi) is 6.35. The van der Waals surface area contributed by atoms with Crippen molar-refractivity contribution >= 4 is 17.6 Å². The molecule has 0 aliphatic carbocycles. The second kappa shape index (κ2) is 7.81. The molecule has 0 fully saturated rings. The number of hydrogen-bond donors (Lipinski definition) is 1. The Bertz CT molecular complexity index is 661. The molecule has 24 heavy (non-hydrogen) atoms. The predicted octanol–water partition coefficient (Wildman–Crippen LogP) is 3.58. The maximum Gasteiger partial charge on any atom is 0.404 e. The summed E-state index contributed by atoms with van der Waals surface area (Å²) in [6.45, 7) is 14.6. The van der Waals surface area contributed by atoms with Crippen molar-refractivity contribution in [3.63, 3.8) is 0 Å². The fourth-order valence-corrected chi connectivity index (χ4v) is 2.18. The summed E-state index contributed by atoms with van der Waals surface area (Å²) in [6.07, 6.45) is -1.66. The van der Waals surface area contributed by atoms with Gasteiger partial charge in [0.1, 0.15) is 12.7 Å². The molecule has 0 spiro atoms. The molecule has 0 bridgehead atoms. The van der Waals surface area contributed by atoms with Crippen molar-refractivity contribution in [2.24, 2.45) is 5.73 Å². The SMILES string of the molecule is C=C(C)C(=O)OCC(OC(N)=O)C(C)(C)c1cccc(C(=C)C)c1. The van der Waals surface area contributed by atoms with E-state index in [4.69, 9.17) is 15.2 Å². The summed E-state index contributed by atoms with van der Waals surface area (Å²) in [5.74, 6) is -0.542. The van der Waals surface area contributed by atoms with Crippen molar-refractivity contribution in [1.82, 2.24) is 0 Å². The average Bonchev–Trinajstić information content (AvgIpc) is 2.50. The molecule has 2 N–H and O–H groups in total. The molecule has 0 aromatic heterocycles. The molecule has 0 aliphatic heterocycles. The number of esters is 1. The van der Waals surface area contributed by atoms with Crippen molar-refractivity contribution < 1.29 is 19.1 Å². The Morgan fingerprint density at radius 3 is 2.38 bits per heavy atom. The molecule has 1 amide bonds. The van der Waals surface area contributed by atoms with E-state index in [1.165, 1.54) is 0 Å². The van der Waals surface area contributed by atoms with Gasteiger partial charge in [-0.15, -0.1) is 0 Å². The molecule has 1 rings (SSSR count). The van der Waals surface area contributed by atoms with E-state index in [0.717, 1.165) is 16.7 Å². The minimum Gasteiger partial charge on any atom is -0.458 e. The van der Waals surface area contributed by atoms with E-state index in [1.54, 1.807) is 6.92 Å². The second-order valence-corrected chi connectivity index (χ2v) is 6.39. The zero-order valence-electron chi connectivity index (χ0n) is 14.7. The average molecular weight is 331 g/mol. The summed E-state index contributed by atoms with van der Waals surface area (Å²) < 4.78 is 10.4. The lowest BCUT2D eigenvalue weighted by Gasteiger charge is -2.33. The van der Waals surface area contributed by atoms with E-state index >= 15 is 0 Å². The molecule has 1 aromatic rings. The van der Waals surface area contributed by atoms with Gasteiger partial charge in [0.25, 0.3) is 0 Å². The highest BCUT2D eigenvalue weighted by Gasteiger charge is 2.35. The van der Waals surface area contributed by atoms with E-state index in [0.29, 0.717) is 0 Å². The van der Waals surface area contributed by atoms with Crippen molar-refractivity contribution in [3.05, 3.63) is 54.1 Å². The summed E-state index contributed by atoms with van der Waals surface area (Å²) in [5, 5.41) is 0. The molecular weight excluding hydrogens is 306 g/mol. The van der Waals surface area contributed by atoms with Crippen LogP contribution in [0.15, 0.2) is 43.0 Å². The van der Waals surface area contributed by atoms with Gasteiger partial charge in [-0.3, -0.25) is 0 Å². The zero-order valence-corrected chi connectivity index (χ0v) is 14.7. The van der Waals surface area contributed by atoms with Crippen molar-refractivity contribution in [3.8, 4) is 0 Å². The van der Waals surface area contributed by atoms with Crippen LogP contribution in [0.4, 0.5) is 4.79 Å². The summed E-state index contributed by atoms with van der Waals surface area (Å²) in [7, 11) is 0. The maximum atomic E-state index is 11.6. The fourth-order valence-electron chi connectivity index (χ4n) is 2.18. The number of amides is 1. The smallest absolute Gasteiger partial charge is 0.404 e. The number of rotatable bonds is 7. The van der Waals surface area contributed by atoms with Crippen LogP contribution in [0, 0.1) is 0 Å². The third kappa shape index (κ3) is 4.98. The maximum absolute atomic E-state index is 11.6. The third-order valence-corrected chi connectivity index (χ3v) is 3.88. The van der Waals surface area contributed by atoms with Gasteiger partial charge in [-0.1, -0.05) is 56.8 Å². The zero-order chi connectivity index (χ0) is 18.5. The van der Waals surface area contributed by atoms with Crippen molar-refractivity contribution in [1.29, 1.82) is 0 Å². The second-order valence-electron chi connectivity index (χ2n) is 6.39. The molecule has 0 saturated carbocycles. The molecule has 0 aliphatic rings. The van der Waals surface area contributed by atoms with Crippen LogP contribution in [0.5, 0.6) is 0 Å². The van der Waals surface area contributed by atoms with Crippen molar-refractivity contribution in [2.45, 2.75) is 39.2 Å². The van der Waals surface area contributed by atoms with Gasteiger partial charge in [0, 0.05) is 11.0 Å². The number of primary amides is 1. The van der Waals surface area contributed by atoms with Crippen LogP contribution in [0.2, 0.25) is 0 Å². The first-order valence-corrected chi connectivity index (χ1v) is 7.60. The molecule has 0 radical (unpaired) electrons. The topological polar surface area (TPSA) is 78.6 Å². The molecule has 0 heterocycles. The quantitative estimate of drug-likeness (QED) is 0.612. The van der Waals surface area contributed by atoms with Gasteiger partial charge < -0.3 is 15.2 Å². The molecule has 1 unspecified atom stereocenters. The third-order valence-electron chi connectivity index (χ3n) is 3.88. The monoisotopic (exact) mass is 331 g/mol. The normalized spacial score (nSPS) is 12.2. The number of ether oxygens (including phenoxy) is 2. The van der Waals surface area contributed by atoms with Crippen molar-refractivity contribution in [2.75, 3.05) is 6.61 Å². The summed E-state index contributed by atoms with van der Waals surface area (Å²) >= 11 is 0. The molecule has 1 atom stereocenters. The summed E-state index contributed by atoms with van der Waals surface area (Å²) in [6, 6.07) is 7.75. The Labute approximate surface area is 143 Å². The first-order valence-electron chi connectivity index (χ1n) is 7.60. The van der Waals surface area contributed by atoms with E-state index in [-0.39, 0.29) is 12.2 Å². The number of allylic oxidation sites excluding steroid dienone is 1. The Morgan fingerprint density at radius 1 is 1.25 bits per heavy atom. The van der Waals surface area contributed by atoms with Gasteiger partial charge in [0.15, 0.2) is 0 Å².